The summed E-state index contributed by atoms with van der Waals surface area (Å²) in [7, 11) is 4.13. The van der Waals surface area contributed by atoms with Crippen molar-refractivity contribution in [2.24, 2.45) is 0 Å². The van der Waals surface area contributed by atoms with Crippen molar-refractivity contribution in [1.29, 1.82) is 0 Å². The highest BCUT2D eigenvalue weighted by Gasteiger charge is 2.34. The first-order valence-electron chi connectivity index (χ1n) is 7.36. The summed E-state index contributed by atoms with van der Waals surface area (Å²) in [5.74, 6) is -0.643. The summed E-state index contributed by atoms with van der Waals surface area (Å²) >= 11 is 3.14. The Labute approximate surface area is 134 Å². The number of nitrogens with zero attached hydrogens (tertiary/aromatic N) is 1. The Morgan fingerprint density at radius 2 is 2.00 bits per heavy atom. The molecule has 3 nitrogen and oxygen atoms in total. The van der Waals surface area contributed by atoms with E-state index in [1.807, 2.05) is 0 Å². The van der Waals surface area contributed by atoms with E-state index < -0.39 is 5.82 Å². The minimum Gasteiger partial charge on any atom is -0.350 e. The van der Waals surface area contributed by atoms with Gasteiger partial charge in [0.05, 0.1) is 10.0 Å². The summed E-state index contributed by atoms with van der Waals surface area (Å²) < 4.78 is 13.7. The summed E-state index contributed by atoms with van der Waals surface area (Å²) in [6, 6.07) is 4.52. The molecule has 1 aliphatic rings. The van der Waals surface area contributed by atoms with Gasteiger partial charge in [0.1, 0.15) is 5.82 Å². The molecule has 0 heterocycles. The normalized spacial score (nSPS) is 17.8. The predicted molar refractivity (Wildman–Crippen MR) is 85.9 cm³/mol. The van der Waals surface area contributed by atoms with Crippen molar-refractivity contribution in [1.82, 2.24) is 10.2 Å². The third kappa shape index (κ3) is 3.64. The number of carbonyl (C=O) groups is 1. The monoisotopic (exact) mass is 356 g/mol. The quantitative estimate of drug-likeness (QED) is 0.893. The minimum atomic E-state index is -0.414. The number of hydrogen-bond donors (Lipinski definition) is 1. The van der Waals surface area contributed by atoms with Gasteiger partial charge >= 0.3 is 0 Å². The van der Waals surface area contributed by atoms with Crippen LogP contribution in [0, 0.1) is 5.82 Å². The number of benzene rings is 1. The maximum atomic E-state index is 13.5. The van der Waals surface area contributed by atoms with Gasteiger partial charge in [0.25, 0.3) is 5.91 Å². The lowest BCUT2D eigenvalue weighted by Gasteiger charge is -2.43. The third-order valence-corrected chi connectivity index (χ3v) is 5.31. The zero-order valence-corrected chi connectivity index (χ0v) is 14.2. The summed E-state index contributed by atoms with van der Waals surface area (Å²) in [5.41, 5.74) is 0.368. The van der Waals surface area contributed by atoms with Crippen LogP contribution in [-0.4, -0.2) is 37.0 Å². The van der Waals surface area contributed by atoms with Gasteiger partial charge in [0.2, 0.25) is 0 Å². The average molecular weight is 357 g/mol. The summed E-state index contributed by atoms with van der Waals surface area (Å²) in [4.78, 5) is 14.5. The van der Waals surface area contributed by atoms with Crippen molar-refractivity contribution in [2.45, 2.75) is 37.6 Å². The van der Waals surface area contributed by atoms with Gasteiger partial charge in [-0.05, 0) is 55.0 Å². The minimum absolute atomic E-state index is 0.0215. The van der Waals surface area contributed by atoms with Crippen LogP contribution in [-0.2, 0) is 0 Å². The first-order chi connectivity index (χ1) is 9.96. The van der Waals surface area contributed by atoms with E-state index >= 15 is 0 Å². The fourth-order valence-electron chi connectivity index (χ4n) is 3.01. The Morgan fingerprint density at radius 1 is 1.33 bits per heavy atom. The van der Waals surface area contributed by atoms with Gasteiger partial charge in [-0.2, -0.15) is 0 Å². The zero-order valence-electron chi connectivity index (χ0n) is 12.6. The van der Waals surface area contributed by atoms with Crippen LogP contribution in [0.2, 0.25) is 0 Å². The van der Waals surface area contributed by atoms with Crippen LogP contribution in [0.4, 0.5) is 4.39 Å². The highest BCUT2D eigenvalue weighted by Crippen LogP contribution is 2.31. The second-order valence-electron chi connectivity index (χ2n) is 5.96. The molecule has 0 saturated heterocycles. The molecule has 1 saturated carbocycles. The fourth-order valence-corrected chi connectivity index (χ4v) is 3.46. The van der Waals surface area contributed by atoms with Crippen molar-refractivity contribution >= 4 is 21.8 Å². The van der Waals surface area contributed by atoms with Gasteiger partial charge < -0.3 is 10.2 Å². The number of rotatable bonds is 4. The van der Waals surface area contributed by atoms with Crippen LogP contribution in [0.15, 0.2) is 22.7 Å². The molecule has 1 fully saturated rings. The number of carbonyl (C=O) groups excluding carboxylic acids is 1. The van der Waals surface area contributed by atoms with Crippen LogP contribution in [0.3, 0.4) is 0 Å². The lowest BCUT2D eigenvalue weighted by Crippen LogP contribution is -2.53. The van der Waals surface area contributed by atoms with Crippen molar-refractivity contribution in [3.63, 3.8) is 0 Å². The van der Waals surface area contributed by atoms with E-state index in [1.54, 1.807) is 12.1 Å². The Kier molecular flexibility index (Phi) is 5.38. The summed E-state index contributed by atoms with van der Waals surface area (Å²) in [5, 5.41) is 2.98. The number of likely N-dealkylation sites (N-methyl/N-ethyl adjacent to an activating group) is 1. The van der Waals surface area contributed by atoms with E-state index in [0.717, 1.165) is 12.8 Å². The smallest absolute Gasteiger partial charge is 0.252 e. The maximum absolute atomic E-state index is 13.5. The largest absolute Gasteiger partial charge is 0.350 e. The summed E-state index contributed by atoms with van der Waals surface area (Å²) in [6.07, 6.45) is 5.82. The first kappa shape index (κ1) is 16.4. The van der Waals surface area contributed by atoms with Crippen LogP contribution in [0.5, 0.6) is 0 Å². The molecule has 0 spiro atoms. The molecule has 1 amide bonds. The molecule has 0 bridgehead atoms. The Morgan fingerprint density at radius 3 is 2.62 bits per heavy atom. The Hall–Kier alpha value is -0.940. The zero-order chi connectivity index (χ0) is 15.5. The molecule has 0 aliphatic heterocycles. The van der Waals surface area contributed by atoms with Crippen molar-refractivity contribution in [3.05, 3.63) is 34.1 Å². The molecular weight excluding hydrogens is 335 g/mol. The van der Waals surface area contributed by atoms with Crippen LogP contribution >= 0.6 is 15.9 Å². The molecule has 2 rings (SSSR count). The van der Waals surface area contributed by atoms with Gasteiger partial charge in [-0.25, -0.2) is 4.39 Å². The Balaban J connectivity index is 2.07. The van der Waals surface area contributed by atoms with Crippen molar-refractivity contribution in [2.75, 3.05) is 20.6 Å². The van der Waals surface area contributed by atoms with E-state index in [1.165, 1.54) is 25.3 Å². The molecule has 5 heteroatoms. The standard InChI is InChI=1S/C16H22BrFN2O/c1-20(2)16(9-4-3-5-10-16)11-19-15(21)12-7-6-8-13(18)14(12)17/h6-8H,3-5,9-11H2,1-2H3,(H,19,21). The molecule has 1 aromatic carbocycles. The topological polar surface area (TPSA) is 32.3 Å². The molecular formula is C16H22BrFN2O. The fraction of sp³-hybridized carbons (Fsp3) is 0.562. The van der Waals surface area contributed by atoms with Gasteiger partial charge in [-0.15, -0.1) is 0 Å². The second-order valence-corrected chi connectivity index (χ2v) is 6.76. The highest BCUT2D eigenvalue weighted by molar-refractivity contribution is 9.10. The van der Waals surface area contributed by atoms with E-state index in [2.05, 4.69) is 40.2 Å². The van der Waals surface area contributed by atoms with Crippen molar-refractivity contribution in [3.8, 4) is 0 Å². The first-order valence-corrected chi connectivity index (χ1v) is 8.15. The van der Waals surface area contributed by atoms with Crippen LogP contribution < -0.4 is 5.32 Å². The van der Waals surface area contributed by atoms with Crippen LogP contribution in [0.25, 0.3) is 0 Å². The lowest BCUT2D eigenvalue weighted by atomic mass is 9.80. The molecule has 0 atom stereocenters. The predicted octanol–water partition coefficient (Wildman–Crippen LogP) is 3.58. The molecule has 0 radical (unpaired) electrons. The van der Waals surface area contributed by atoms with E-state index in [-0.39, 0.29) is 15.9 Å². The Bertz CT molecular complexity index is 513. The van der Waals surface area contributed by atoms with Crippen molar-refractivity contribution < 1.29 is 9.18 Å². The third-order valence-electron chi connectivity index (χ3n) is 4.51. The van der Waals surface area contributed by atoms with Gasteiger partial charge in [0.15, 0.2) is 0 Å². The second kappa shape index (κ2) is 6.88. The highest BCUT2D eigenvalue weighted by atomic mass is 79.9. The molecule has 0 aromatic heterocycles. The lowest BCUT2D eigenvalue weighted by molar-refractivity contribution is 0.0798. The van der Waals surface area contributed by atoms with Gasteiger partial charge in [0, 0.05) is 12.1 Å². The van der Waals surface area contributed by atoms with E-state index in [0.29, 0.717) is 12.1 Å². The number of hydrogen-bond acceptors (Lipinski definition) is 2. The number of nitrogens with one attached hydrogen (secondary N) is 1. The number of halogens is 2. The SMILES string of the molecule is CN(C)C1(CNC(=O)c2cccc(F)c2Br)CCCCC1. The van der Waals surface area contributed by atoms with E-state index in [9.17, 15) is 9.18 Å². The maximum Gasteiger partial charge on any atom is 0.252 e. The van der Waals surface area contributed by atoms with E-state index in [4.69, 9.17) is 0 Å². The molecule has 116 valence electrons. The molecule has 21 heavy (non-hydrogen) atoms. The molecule has 1 aliphatic carbocycles. The van der Waals surface area contributed by atoms with Crippen LogP contribution in [0.1, 0.15) is 42.5 Å². The molecule has 1 N–H and O–H groups in total. The number of amides is 1. The van der Waals surface area contributed by atoms with Gasteiger partial charge in [-0.1, -0.05) is 25.3 Å². The summed E-state index contributed by atoms with van der Waals surface area (Å²) in [6.45, 7) is 0.599. The van der Waals surface area contributed by atoms with Gasteiger partial charge in [-0.3, -0.25) is 4.79 Å². The average Bonchev–Trinajstić information content (AvgIpc) is 2.48. The molecule has 0 unspecified atom stereocenters. The molecule has 1 aromatic rings.